The lowest BCUT2D eigenvalue weighted by atomic mass is 10.1. The number of nitrogen functional groups attached to an aromatic ring is 1. The molecule has 21 heavy (non-hydrogen) atoms. The Labute approximate surface area is 129 Å². The number of ether oxygens (including phenoxy) is 2. The summed E-state index contributed by atoms with van der Waals surface area (Å²) >= 11 is 6.02. The van der Waals surface area contributed by atoms with Gasteiger partial charge in [0, 0.05) is 11.1 Å². The largest absolute Gasteiger partial charge is 0.476 e. The van der Waals surface area contributed by atoms with Crippen molar-refractivity contribution < 1.29 is 9.47 Å². The minimum Gasteiger partial charge on any atom is -0.476 e. The van der Waals surface area contributed by atoms with Crippen molar-refractivity contribution in [3.63, 3.8) is 0 Å². The summed E-state index contributed by atoms with van der Waals surface area (Å²) in [6, 6.07) is 7.17. The summed E-state index contributed by atoms with van der Waals surface area (Å²) in [7, 11) is 0. The van der Waals surface area contributed by atoms with Crippen molar-refractivity contribution in [3.8, 4) is 17.5 Å². The zero-order chi connectivity index (χ0) is 15.4. The van der Waals surface area contributed by atoms with Crippen LogP contribution in [0.25, 0.3) is 0 Å². The molecular formula is C16H19ClN2O2. The van der Waals surface area contributed by atoms with Crippen molar-refractivity contribution >= 4 is 17.3 Å². The molecule has 0 radical (unpaired) electrons. The van der Waals surface area contributed by atoms with Gasteiger partial charge in [-0.3, -0.25) is 0 Å². The number of anilines is 1. The van der Waals surface area contributed by atoms with E-state index in [0.29, 0.717) is 29.1 Å². The summed E-state index contributed by atoms with van der Waals surface area (Å²) in [5.41, 5.74) is 8.25. The maximum atomic E-state index is 6.02. The van der Waals surface area contributed by atoms with Crippen LogP contribution < -0.4 is 15.2 Å². The zero-order valence-electron chi connectivity index (χ0n) is 12.4. The van der Waals surface area contributed by atoms with E-state index >= 15 is 0 Å². The Kier molecular flexibility index (Phi) is 4.91. The van der Waals surface area contributed by atoms with Crippen LogP contribution >= 0.6 is 11.6 Å². The van der Waals surface area contributed by atoms with Crippen molar-refractivity contribution in [1.82, 2.24) is 4.98 Å². The minimum absolute atomic E-state index is 0.401. The predicted octanol–water partition coefficient (Wildman–Crippen LogP) is 4.52. The molecule has 1 aromatic heterocycles. The Balaban J connectivity index is 2.28. The molecule has 1 aromatic carbocycles. The summed E-state index contributed by atoms with van der Waals surface area (Å²) in [6.07, 6.45) is 0.890. The molecule has 5 heteroatoms. The standard InChI is InChI=1S/C16H19ClN2O2/c1-4-7-20-16-13(18)5-6-14(19-16)21-15-10(2)8-12(17)9-11(15)3/h5-6,8-9H,4,7,18H2,1-3H3. The van der Waals surface area contributed by atoms with Gasteiger partial charge in [0.15, 0.2) is 0 Å². The van der Waals surface area contributed by atoms with E-state index in [-0.39, 0.29) is 0 Å². The Morgan fingerprint density at radius 3 is 2.48 bits per heavy atom. The molecule has 0 atom stereocenters. The number of hydrogen-bond donors (Lipinski definition) is 1. The molecule has 0 unspecified atom stereocenters. The Hall–Kier alpha value is -1.94. The maximum absolute atomic E-state index is 6.02. The van der Waals surface area contributed by atoms with Gasteiger partial charge in [0.1, 0.15) is 5.75 Å². The van der Waals surface area contributed by atoms with Crippen LogP contribution in [0, 0.1) is 13.8 Å². The highest BCUT2D eigenvalue weighted by atomic mass is 35.5. The fourth-order valence-corrected chi connectivity index (χ4v) is 2.30. The Bertz CT molecular complexity index is 621. The van der Waals surface area contributed by atoms with E-state index in [9.17, 15) is 0 Å². The topological polar surface area (TPSA) is 57.4 Å². The molecule has 0 fully saturated rings. The number of benzene rings is 1. The molecule has 0 aliphatic heterocycles. The summed E-state index contributed by atoms with van der Waals surface area (Å²) in [6.45, 7) is 6.48. The van der Waals surface area contributed by atoms with E-state index in [1.54, 1.807) is 12.1 Å². The fraction of sp³-hybridized carbons (Fsp3) is 0.312. The first-order valence-corrected chi connectivity index (χ1v) is 7.23. The average molecular weight is 307 g/mol. The molecule has 0 amide bonds. The summed E-state index contributed by atoms with van der Waals surface area (Å²) < 4.78 is 11.4. The van der Waals surface area contributed by atoms with Gasteiger partial charge in [-0.1, -0.05) is 18.5 Å². The van der Waals surface area contributed by atoms with Crippen LogP contribution in [0.1, 0.15) is 24.5 Å². The van der Waals surface area contributed by atoms with Crippen molar-refractivity contribution in [1.29, 1.82) is 0 Å². The second-order valence-corrected chi connectivity index (χ2v) is 5.30. The van der Waals surface area contributed by atoms with Crippen LogP contribution in [0.2, 0.25) is 5.02 Å². The summed E-state index contributed by atoms with van der Waals surface area (Å²) in [4.78, 5) is 4.31. The molecule has 0 spiro atoms. The first-order valence-electron chi connectivity index (χ1n) is 6.85. The first kappa shape index (κ1) is 15.4. The van der Waals surface area contributed by atoms with Gasteiger partial charge < -0.3 is 15.2 Å². The minimum atomic E-state index is 0.401. The fourth-order valence-electron chi connectivity index (χ4n) is 1.97. The predicted molar refractivity (Wildman–Crippen MR) is 85.4 cm³/mol. The van der Waals surface area contributed by atoms with E-state index in [4.69, 9.17) is 26.8 Å². The van der Waals surface area contributed by atoms with Gasteiger partial charge in [-0.05, 0) is 49.6 Å². The van der Waals surface area contributed by atoms with Crippen molar-refractivity contribution in [3.05, 3.63) is 40.4 Å². The van der Waals surface area contributed by atoms with Crippen LogP contribution in [-0.4, -0.2) is 11.6 Å². The van der Waals surface area contributed by atoms with Crippen LogP contribution in [0.4, 0.5) is 5.69 Å². The average Bonchev–Trinajstić information content (AvgIpc) is 2.43. The van der Waals surface area contributed by atoms with E-state index in [0.717, 1.165) is 23.3 Å². The lowest BCUT2D eigenvalue weighted by Gasteiger charge is -2.13. The quantitative estimate of drug-likeness (QED) is 0.882. The first-order chi connectivity index (χ1) is 10.0. The lowest BCUT2D eigenvalue weighted by Crippen LogP contribution is -2.02. The highest BCUT2D eigenvalue weighted by Gasteiger charge is 2.10. The Morgan fingerprint density at radius 2 is 1.86 bits per heavy atom. The van der Waals surface area contributed by atoms with Crippen molar-refractivity contribution in [2.24, 2.45) is 0 Å². The second-order valence-electron chi connectivity index (χ2n) is 4.86. The molecule has 0 bridgehead atoms. The molecule has 0 saturated heterocycles. The van der Waals surface area contributed by atoms with Gasteiger partial charge in [-0.2, -0.15) is 4.98 Å². The maximum Gasteiger partial charge on any atom is 0.240 e. The van der Waals surface area contributed by atoms with Crippen molar-refractivity contribution in [2.75, 3.05) is 12.3 Å². The van der Waals surface area contributed by atoms with E-state index in [1.165, 1.54) is 0 Å². The third-order valence-corrected chi connectivity index (χ3v) is 3.16. The molecule has 2 N–H and O–H groups in total. The molecule has 4 nitrogen and oxygen atoms in total. The van der Waals surface area contributed by atoms with Crippen LogP contribution in [-0.2, 0) is 0 Å². The zero-order valence-corrected chi connectivity index (χ0v) is 13.2. The van der Waals surface area contributed by atoms with Crippen LogP contribution in [0.5, 0.6) is 17.5 Å². The normalized spacial score (nSPS) is 10.5. The smallest absolute Gasteiger partial charge is 0.240 e. The van der Waals surface area contributed by atoms with Gasteiger partial charge in [0.25, 0.3) is 0 Å². The molecule has 112 valence electrons. The number of halogens is 1. The molecule has 0 saturated carbocycles. The van der Waals surface area contributed by atoms with Crippen LogP contribution in [0.15, 0.2) is 24.3 Å². The molecule has 0 aliphatic rings. The highest BCUT2D eigenvalue weighted by molar-refractivity contribution is 6.30. The van der Waals surface area contributed by atoms with Gasteiger partial charge in [-0.25, -0.2) is 0 Å². The number of rotatable bonds is 5. The SMILES string of the molecule is CCCOc1nc(Oc2c(C)cc(Cl)cc2C)ccc1N. The summed E-state index contributed by atoms with van der Waals surface area (Å²) in [5, 5.41) is 0.689. The van der Waals surface area contributed by atoms with Crippen molar-refractivity contribution in [2.45, 2.75) is 27.2 Å². The lowest BCUT2D eigenvalue weighted by molar-refractivity contribution is 0.302. The van der Waals surface area contributed by atoms with Gasteiger partial charge >= 0.3 is 0 Å². The van der Waals surface area contributed by atoms with E-state index < -0.39 is 0 Å². The Morgan fingerprint density at radius 1 is 1.19 bits per heavy atom. The molecule has 1 heterocycles. The number of pyridine rings is 1. The van der Waals surface area contributed by atoms with E-state index in [1.807, 2.05) is 32.9 Å². The molecule has 2 rings (SSSR count). The third-order valence-electron chi connectivity index (χ3n) is 2.94. The molecular weight excluding hydrogens is 288 g/mol. The monoisotopic (exact) mass is 306 g/mol. The van der Waals surface area contributed by atoms with E-state index in [2.05, 4.69) is 4.98 Å². The number of hydrogen-bond acceptors (Lipinski definition) is 4. The molecule has 2 aromatic rings. The highest BCUT2D eigenvalue weighted by Crippen LogP contribution is 2.32. The third kappa shape index (κ3) is 3.79. The molecule has 0 aliphatic carbocycles. The summed E-state index contributed by atoms with van der Waals surface area (Å²) in [5.74, 6) is 1.60. The second kappa shape index (κ2) is 6.68. The number of aromatic nitrogens is 1. The number of aryl methyl sites for hydroxylation is 2. The van der Waals surface area contributed by atoms with Gasteiger partial charge in [-0.15, -0.1) is 0 Å². The van der Waals surface area contributed by atoms with Gasteiger partial charge in [0.05, 0.1) is 12.3 Å². The number of nitrogens with zero attached hydrogens (tertiary/aromatic N) is 1. The van der Waals surface area contributed by atoms with Crippen LogP contribution in [0.3, 0.4) is 0 Å². The number of nitrogens with two attached hydrogens (primary N) is 1. The van der Waals surface area contributed by atoms with Gasteiger partial charge in [0.2, 0.25) is 11.8 Å².